The van der Waals surface area contributed by atoms with Crippen molar-refractivity contribution in [1.82, 2.24) is 4.57 Å². The first-order valence-electron chi connectivity index (χ1n) is 15.8. The van der Waals surface area contributed by atoms with Crippen molar-refractivity contribution in [3.8, 4) is 16.8 Å². The standard InChI is InChI=1S/C44H30N2/c1-3-17-34(18-4-1)45(36-26-27-43-41(30-36)40-23-11-12-25-42(40)46(43)35-19-5-2-6-20-35)44-29-33(28-32-15-8-10-22-39(32)44)38-24-13-16-31-14-7-9-21-37(31)38/h1-30H. The fourth-order valence-electron chi connectivity index (χ4n) is 7.07. The van der Waals surface area contributed by atoms with Gasteiger partial charge in [-0.1, -0.05) is 121 Å². The van der Waals surface area contributed by atoms with E-state index in [2.05, 4.69) is 191 Å². The molecule has 46 heavy (non-hydrogen) atoms. The average Bonchev–Trinajstić information content (AvgIpc) is 3.46. The van der Waals surface area contributed by atoms with E-state index < -0.39 is 0 Å². The van der Waals surface area contributed by atoms with Crippen LogP contribution in [0.2, 0.25) is 0 Å². The second-order valence-corrected chi connectivity index (χ2v) is 11.8. The van der Waals surface area contributed by atoms with Crippen molar-refractivity contribution in [2.24, 2.45) is 0 Å². The highest BCUT2D eigenvalue weighted by atomic mass is 15.1. The lowest BCUT2D eigenvalue weighted by Crippen LogP contribution is -2.10. The van der Waals surface area contributed by atoms with Crippen LogP contribution < -0.4 is 4.90 Å². The molecule has 0 radical (unpaired) electrons. The van der Waals surface area contributed by atoms with E-state index in [-0.39, 0.29) is 0 Å². The van der Waals surface area contributed by atoms with Crippen LogP contribution in [-0.4, -0.2) is 4.57 Å². The molecule has 0 spiro atoms. The largest absolute Gasteiger partial charge is 0.310 e. The molecule has 0 saturated heterocycles. The molecule has 0 aliphatic heterocycles. The van der Waals surface area contributed by atoms with Gasteiger partial charge in [-0.2, -0.15) is 0 Å². The zero-order valence-electron chi connectivity index (χ0n) is 25.2. The molecule has 0 aliphatic carbocycles. The number of aromatic nitrogens is 1. The molecule has 0 N–H and O–H groups in total. The van der Waals surface area contributed by atoms with Crippen LogP contribution in [0.25, 0.3) is 60.2 Å². The van der Waals surface area contributed by atoms with Gasteiger partial charge in [0, 0.05) is 33.2 Å². The van der Waals surface area contributed by atoms with Gasteiger partial charge in [0.1, 0.15) is 0 Å². The number of nitrogens with zero attached hydrogens (tertiary/aromatic N) is 2. The fraction of sp³-hybridized carbons (Fsp3) is 0. The lowest BCUT2D eigenvalue weighted by molar-refractivity contribution is 1.18. The van der Waals surface area contributed by atoms with Crippen LogP contribution in [0, 0.1) is 0 Å². The Morgan fingerprint density at radius 3 is 1.83 bits per heavy atom. The smallest absolute Gasteiger partial charge is 0.0546 e. The molecular formula is C44H30N2. The van der Waals surface area contributed by atoms with Crippen molar-refractivity contribution in [2.75, 3.05) is 4.90 Å². The van der Waals surface area contributed by atoms with Gasteiger partial charge in [-0.15, -0.1) is 0 Å². The summed E-state index contributed by atoms with van der Waals surface area (Å²) < 4.78 is 2.37. The van der Waals surface area contributed by atoms with Gasteiger partial charge >= 0.3 is 0 Å². The third-order valence-corrected chi connectivity index (χ3v) is 9.12. The summed E-state index contributed by atoms with van der Waals surface area (Å²) in [4.78, 5) is 2.42. The second kappa shape index (κ2) is 10.8. The van der Waals surface area contributed by atoms with Crippen LogP contribution in [0.3, 0.4) is 0 Å². The van der Waals surface area contributed by atoms with Gasteiger partial charge in [0.05, 0.1) is 16.7 Å². The molecule has 0 fully saturated rings. The van der Waals surface area contributed by atoms with Crippen molar-refractivity contribution in [3.63, 3.8) is 0 Å². The van der Waals surface area contributed by atoms with Crippen molar-refractivity contribution in [3.05, 3.63) is 182 Å². The van der Waals surface area contributed by atoms with Crippen LogP contribution in [0.15, 0.2) is 182 Å². The summed E-state index contributed by atoms with van der Waals surface area (Å²) in [5.41, 5.74) is 9.39. The zero-order valence-corrected chi connectivity index (χ0v) is 25.2. The van der Waals surface area contributed by atoms with Crippen LogP contribution in [0.1, 0.15) is 0 Å². The van der Waals surface area contributed by atoms with Gasteiger partial charge in [-0.3, -0.25) is 0 Å². The minimum Gasteiger partial charge on any atom is -0.310 e. The first-order valence-corrected chi connectivity index (χ1v) is 15.8. The predicted molar refractivity (Wildman–Crippen MR) is 196 cm³/mol. The van der Waals surface area contributed by atoms with Gasteiger partial charge in [0.25, 0.3) is 0 Å². The number of anilines is 3. The number of para-hydroxylation sites is 3. The highest BCUT2D eigenvalue weighted by Gasteiger charge is 2.20. The van der Waals surface area contributed by atoms with Crippen molar-refractivity contribution in [2.45, 2.75) is 0 Å². The summed E-state index contributed by atoms with van der Waals surface area (Å²) >= 11 is 0. The SMILES string of the molecule is c1ccc(N(c2ccc3c(c2)c2ccccc2n3-c2ccccc2)c2cc(-c3cccc4ccccc34)cc3ccccc23)cc1. The molecule has 0 saturated carbocycles. The Bertz CT molecular complexity index is 2520. The second-order valence-electron chi connectivity index (χ2n) is 11.8. The van der Waals surface area contributed by atoms with Gasteiger partial charge in [-0.25, -0.2) is 0 Å². The first kappa shape index (κ1) is 26.3. The molecule has 0 atom stereocenters. The summed E-state index contributed by atoms with van der Waals surface area (Å²) in [5.74, 6) is 0. The van der Waals surface area contributed by atoms with Crippen molar-refractivity contribution >= 4 is 60.4 Å². The lowest BCUT2D eigenvalue weighted by Gasteiger charge is -2.28. The van der Waals surface area contributed by atoms with E-state index in [1.54, 1.807) is 0 Å². The number of fused-ring (bicyclic) bond motifs is 5. The van der Waals surface area contributed by atoms with E-state index in [0.29, 0.717) is 0 Å². The molecule has 8 aromatic carbocycles. The Morgan fingerprint density at radius 2 is 1.00 bits per heavy atom. The topological polar surface area (TPSA) is 8.17 Å². The molecule has 9 rings (SSSR count). The molecule has 0 aliphatic rings. The molecule has 0 bridgehead atoms. The van der Waals surface area contributed by atoms with Gasteiger partial charge in [0.15, 0.2) is 0 Å². The quantitative estimate of drug-likeness (QED) is 0.195. The molecule has 0 unspecified atom stereocenters. The maximum atomic E-state index is 2.42. The third-order valence-electron chi connectivity index (χ3n) is 9.12. The lowest BCUT2D eigenvalue weighted by atomic mass is 9.94. The van der Waals surface area contributed by atoms with E-state index in [0.717, 1.165) is 22.7 Å². The maximum Gasteiger partial charge on any atom is 0.0546 e. The maximum absolute atomic E-state index is 2.42. The average molecular weight is 587 g/mol. The minimum absolute atomic E-state index is 1.12. The Labute approximate surface area is 268 Å². The number of benzene rings is 8. The Balaban J connectivity index is 1.33. The fourth-order valence-corrected chi connectivity index (χ4v) is 7.07. The predicted octanol–water partition coefficient (Wildman–Crippen LogP) is 12.2. The van der Waals surface area contributed by atoms with Crippen LogP contribution >= 0.6 is 0 Å². The normalized spacial score (nSPS) is 11.5. The summed E-state index contributed by atoms with van der Waals surface area (Å²) in [5, 5.41) is 7.40. The Hall–Kier alpha value is -6.12. The molecule has 216 valence electrons. The molecule has 0 amide bonds. The molecule has 9 aromatic rings. The van der Waals surface area contributed by atoms with Crippen LogP contribution in [0.5, 0.6) is 0 Å². The molecular weight excluding hydrogens is 556 g/mol. The van der Waals surface area contributed by atoms with E-state index in [1.165, 1.54) is 54.5 Å². The van der Waals surface area contributed by atoms with E-state index >= 15 is 0 Å². The Morgan fingerprint density at radius 1 is 0.370 bits per heavy atom. The van der Waals surface area contributed by atoms with Gasteiger partial charge < -0.3 is 9.47 Å². The highest BCUT2D eigenvalue weighted by molar-refractivity contribution is 6.11. The molecule has 1 aromatic heterocycles. The molecule has 1 heterocycles. The summed E-state index contributed by atoms with van der Waals surface area (Å²) in [6.07, 6.45) is 0. The van der Waals surface area contributed by atoms with Crippen molar-refractivity contribution < 1.29 is 0 Å². The van der Waals surface area contributed by atoms with E-state index in [9.17, 15) is 0 Å². The number of hydrogen-bond donors (Lipinski definition) is 0. The number of hydrogen-bond acceptors (Lipinski definition) is 1. The summed E-state index contributed by atoms with van der Waals surface area (Å²) in [6.45, 7) is 0. The zero-order chi connectivity index (χ0) is 30.5. The monoisotopic (exact) mass is 586 g/mol. The van der Waals surface area contributed by atoms with E-state index in [1.807, 2.05) is 0 Å². The Kier molecular flexibility index (Phi) is 6.17. The van der Waals surface area contributed by atoms with Gasteiger partial charge in [0.2, 0.25) is 0 Å². The van der Waals surface area contributed by atoms with E-state index in [4.69, 9.17) is 0 Å². The molecule has 2 nitrogen and oxygen atoms in total. The first-order chi connectivity index (χ1) is 22.8. The summed E-state index contributed by atoms with van der Waals surface area (Å²) in [7, 11) is 0. The minimum atomic E-state index is 1.12. The molecule has 2 heteroatoms. The summed E-state index contributed by atoms with van der Waals surface area (Å²) in [6, 6.07) is 65.8. The third kappa shape index (κ3) is 4.27. The van der Waals surface area contributed by atoms with Crippen molar-refractivity contribution in [1.29, 1.82) is 0 Å². The highest BCUT2D eigenvalue weighted by Crippen LogP contribution is 2.44. The van der Waals surface area contributed by atoms with Gasteiger partial charge in [-0.05, 0) is 87.9 Å². The number of rotatable bonds is 5. The van der Waals surface area contributed by atoms with Crippen LogP contribution in [0.4, 0.5) is 17.1 Å². The van der Waals surface area contributed by atoms with Crippen LogP contribution in [-0.2, 0) is 0 Å².